The van der Waals surface area contributed by atoms with E-state index in [1.807, 2.05) is 47.0 Å². The first-order valence-electron chi connectivity index (χ1n) is 8.18. The highest BCUT2D eigenvalue weighted by Gasteiger charge is 2.19. The molecule has 5 nitrogen and oxygen atoms in total. The molecule has 2 aromatic heterocycles. The zero-order valence-corrected chi connectivity index (χ0v) is 15.7. The van der Waals surface area contributed by atoms with E-state index in [1.54, 1.807) is 30.5 Å². The first-order chi connectivity index (χ1) is 13.2. The average Bonchev–Trinajstić information content (AvgIpc) is 3.36. The molecule has 4 rings (SSSR count). The molecule has 0 atom stereocenters. The van der Waals surface area contributed by atoms with E-state index in [2.05, 4.69) is 10.2 Å². The molecule has 0 radical (unpaired) electrons. The van der Waals surface area contributed by atoms with E-state index in [-0.39, 0.29) is 11.5 Å². The number of furan rings is 1. The van der Waals surface area contributed by atoms with Crippen molar-refractivity contribution in [1.29, 1.82) is 0 Å². The highest BCUT2D eigenvalue weighted by Crippen LogP contribution is 2.29. The van der Waals surface area contributed by atoms with Gasteiger partial charge in [-0.05, 0) is 30.3 Å². The number of hydrogen-bond acceptors (Lipinski definition) is 5. The number of nitrogens with zero attached hydrogens (tertiary/aromatic N) is 3. The van der Waals surface area contributed by atoms with E-state index >= 15 is 0 Å². The quantitative estimate of drug-likeness (QED) is 0.333. The Morgan fingerprint density at radius 2 is 1.89 bits per heavy atom. The highest BCUT2D eigenvalue weighted by atomic mass is 35.5. The summed E-state index contributed by atoms with van der Waals surface area (Å²) in [7, 11) is 0. The summed E-state index contributed by atoms with van der Waals surface area (Å²) in [5, 5.41) is 9.71. The van der Waals surface area contributed by atoms with E-state index in [1.165, 1.54) is 11.8 Å². The Balaban J connectivity index is 1.68. The summed E-state index contributed by atoms with van der Waals surface area (Å²) >= 11 is 7.48. The second kappa shape index (κ2) is 7.82. The molecule has 0 fully saturated rings. The van der Waals surface area contributed by atoms with Crippen LogP contribution in [0, 0.1) is 0 Å². The van der Waals surface area contributed by atoms with Gasteiger partial charge in [-0.1, -0.05) is 59.8 Å². The number of hydrogen-bond donors (Lipinski definition) is 0. The molecule has 0 saturated heterocycles. The Kier molecular flexibility index (Phi) is 5.09. The third kappa shape index (κ3) is 3.82. The number of ketones is 1. The van der Waals surface area contributed by atoms with E-state index in [0.717, 1.165) is 5.69 Å². The number of aromatic nitrogens is 3. The largest absolute Gasteiger partial charge is 0.461 e. The van der Waals surface area contributed by atoms with Gasteiger partial charge in [-0.2, -0.15) is 0 Å². The van der Waals surface area contributed by atoms with Gasteiger partial charge in [-0.25, -0.2) is 0 Å². The summed E-state index contributed by atoms with van der Waals surface area (Å²) in [5.74, 6) is 1.42. The molecule has 2 heterocycles. The van der Waals surface area contributed by atoms with Crippen LogP contribution in [0.4, 0.5) is 0 Å². The normalized spacial score (nSPS) is 10.9. The predicted molar refractivity (Wildman–Crippen MR) is 106 cm³/mol. The van der Waals surface area contributed by atoms with Gasteiger partial charge in [0.1, 0.15) is 0 Å². The minimum Gasteiger partial charge on any atom is -0.461 e. The third-order valence-electron chi connectivity index (χ3n) is 3.87. The molecule has 0 aliphatic carbocycles. The lowest BCUT2D eigenvalue weighted by molar-refractivity contribution is 0.102. The zero-order chi connectivity index (χ0) is 18.6. The molecule has 27 heavy (non-hydrogen) atoms. The van der Waals surface area contributed by atoms with E-state index in [0.29, 0.717) is 27.3 Å². The molecule has 0 aliphatic rings. The van der Waals surface area contributed by atoms with Gasteiger partial charge in [-0.3, -0.25) is 9.36 Å². The maximum absolute atomic E-state index is 12.4. The van der Waals surface area contributed by atoms with Crippen molar-refractivity contribution in [2.24, 2.45) is 0 Å². The fourth-order valence-corrected chi connectivity index (χ4v) is 3.65. The Labute approximate surface area is 165 Å². The molecular weight excluding hydrogens is 382 g/mol. The van der Waals surface area contributed by atoms with Gasteiger partial charge in [0.25, 0.3) is 0 Å². The van der Waals surface area contributed by atoms with Crippen molar-refractivity contribution in [2.75, 3.05) is 5.75 Å². The number of carbonyl (C=O) groups is 1. The van der Waals surface area contributed by atoms with Gasteiger partial charge in [0, 0.05) is 10.6 Å². The summed E-state index contributed by atoms with van der Waals surface area (Å²) in [6.07, 6.45) is 1.58. The van der Waals surface area contributed by atoms with Gasteiger partial charge in [0.05, 0.1) is 17.7 Å². The second-order valence-electron chi connectivity index (χ2n) is 5.68. The van der Waals surface area contributed by atoms with E-state index in [9.17, 15) is 4.79 Å². The maximum Gasteiger partial charge on any atom is 0.205 e. The van der Waals surface area contributed by atoms with Crippen LogP contribution in [0.5, 0.6) is 0 Å². The lowest BCUT2D eigenvalue weighted by Gasteiger charge is -2.09. The standard InChI is InChI=1S/C20H14ClN3O2S/c21-15-8-4-9-16(12-15)24-19(18-10-5-11-26-18)22-23-20(24)27-13-17(25)14-6-2-1-3-7-14/h1-12H,13H2. The summed E-state index contributed by atoms with van der Waals surface area (Å²) in [6, 6.07) is 20.2. The fourth-order valence-electron chi connectivity index (χ4n) is 2.61. The molecule has 0 aliphatic heterocycles. The molecule has 0 saturated carbocycles. The van der Waals surface area contributed by atoms with Gasteiger partial charge in [-0.15, -0.1) is 10.2 Å². The summed E-state index contributed by atoms with van der Waals surface area (Å²) in [4.78, 5) is 12.4. The van der Waals surface area contributed by atoms with Crippen LogP contribution in [0.1, 0.15) is 10.4 Å². The van der Waals surface area contributed by atoms with Crippen molar-refractivity contribution in [3.8, 4) is 17.3 Å². The van der Waals surface area contributed by atoms with Crippen molar-refractivity contribution in [3.63, 3.8) is 0 Å². The first-order valence-corrected chi connectivity index (χ1v) is 9.55. The average molecular weight is 396 g/mol. The van der Waals surface area contributed by atoms with Crippen molar-refractivity contribution >= 4 is 29.1 Å². The number of rotatable bonds is 6. The summed E-state index contributed by atoms with van der Waals surface area (Å²) in [6.45, 7) is 0. The fraction of sp³-hybridized carbons (Fsp3) is 0.0500. The van der Waals surface area contributed by atoms with Crippen LogP contribution >= 0.6 is 23.4 Å². The lowest BCUT2D eigenvalue weighted by atomic mass is 10.2. The molecule has 4 aromatic rings. The molecule has 134 valence electrons. The zero-order valence-electron chi connectivity index (χ0n) is 14.1. The molecule has 0 bridgehead atoms. The van der Waals surface area contributed by atoms with Crippen LogP contribution in [-0.2, 0) is 0 Å². The molecule has 0 spiro atoms. The van der Waals surface area contributed by atoms with E-state index in [4.69, 9.17) is 16.0 Å². The molecule has 0 unspecified atom stereocenters. The smallest absolute Gasteiger partial charge is 0.205 e. The van der Waals surface area contributed by atoms with Crippen molar-refractivity contribution in [3.05, 3.63) is 83.6 Å². The number of carbonyl (C=O) groups excluding carboxylic acids is 1. The molecular formula is C20H14ClN3O2S. The summed E-state index contributed by atoms with van der Waals surface area (Å²) in [5.41, 5.74) is 1.47. The topological polar surface area (TPSA) is 60.9 Å². The predicted octanol–water partition coefficient (Wildman–Crippen LogP) is 5.16. The first kappa shape index (κ1) is 17.6. The maximum atomic E-state index is 12.4. The van der Waals surface area contributed by atoms with E-state index < -0.39 is 0 Å². The van der Waals surface area contributed by atoms with Crippen LogP contribution < -0.4 is 0 Å². The van der Waals surface area contributed by atoms with Crippen molar-refractivity contribution in [2.45, 2.75) is 5.16 Å². The van der Waals surface area contributed by atoms with Crippen LogP contribution in [0.25, 0.3) is 17.3 Å². The van der Waals surface area contributed by atoms with Gasteiger partial charge in [0.15, 0.2) is 16.7 Å². The van der Waals surface area contributed by atoms with Crippen molar-refractivity contribution in [1.82, 2.24) is 14.8 Å². The third-order valence-corrected chi connectivity index (χ3v) is 5.03. The molecule has 2 aromatic carbocycles. The number of benzene rings is 2. The lowest BCUT2D eigenvalue weighted by Crippen LogP contribution is -2.04. The SMILES string of the molecule is O=C(CSc1nnc(-c2ccco2)n1-c1cccc(Cl)c1)c1ccccc1. The monoisotopic (exact) mass is 395 g/mol. The molecule has 0 N–H and O–H groups in total. The van der Waals surface area contributed by atoms with Gasteiger partial charge < -0.3 is 4.42 Å². The number of thioether (sulfide) groups is 1. The number of Topliss-reactive ketones (excluding diaryl/α,β-unsaturated/α-hetero) is 1. The molecule has 7 heteroatoms. The van der Waals surface area contributed by atoms with Gasteiger partial charge >= 0.3 is 0 Å². The second-order valence-corrected chi connectivity index (χ2v) is 7.06. The highest BCUT2D eigenvalue weighted by molar-refractivity contribution is 7.99. The van der Waals surface area contributed by atoms with Crippen LogP contribution in [0.3, 0.4) is 0 Å². The summed E-state index contributed by atoms with van der Waals surface area (Å²) < 4.78 is 7.33. The van der Waals surface area contributed by atoms with Crippen LogP contribution in [0.15, 0.2) is 82.6 Å². The molecule has 0 amide bonds. The van der Waals surface area contributed by atoms with Crippen LogP contribution in [0.2, 0.25) is 5.02 Å². The van der Waals surface area contributed by atoms with Gasteiger partial charge in [0.2, 0.25) is 5.82 Å². The van der Waals surface area contributed by atoms with Crippen LogP contribution in [-0.4, -0.2) is 26.3 Å². The number of halogens is 1. The minimum absolute atomic E-state index is 0.0285. The Morgan fingerprint density at radius 1 is 1.04 bits per heavy atom. The Morgan fingerprint density at radius 3 is 2.63 bits per heavy atom. The Hall–Kier alpha value is -2.83. The van der Waals surface area contributed by atoms with Crippen molar-refractivity contribution < 1.29 is 9.21 Å². The minimum atomic E-state index is 0.0285. The Bertz CT molecular complexity index is 1060.